The molecule has 0 aliphatic carbocycles. The molecule has 0 saturated carbocycles. The Balaban J connectivity index is 1.98. The molecule has 0 unspecified atom stereocenters. The van der Waals surface area contributed by atoms with Crippen LogP contribution in [0.5, 0.6) is 0 Å². The Morgan fingerprint density at radius 3 is 2.25 bits per heavy atom. The fourth-order valence-electron chi connectivity index (χ4n) is 3.82. The zero-order chi connectivity index (χ0) is 19.5. The first-order valence-corrected chi connectivity index (χ1v) is 10.3. The van der Waals surface area contributed by atoms with Crippen LogP contribution in [0.15, 0.2) is 60.9 Å². The maximum atomic E-state index is 6.75. The highest BCUT2D eigenvalue weighted by molar-refractivity contribution is 6.34. The third kappa shape index (κ3) is 3.31. The minimum atomic E-state index is 0.521. The van der Waals surface area contributed by atoms with Crippen LogP contribution in [0.4, 0.5) is 0 Å². The summed E-state index contributed by atoms with van der Waals surface area (Å²) in [7, 11) is 0. The molecule has 4 rings (SSSR count). The highest BCUT2D eigenvalue weighted by atomic mass is 35.5. The van der Waals surface area contributed by atoms with Crippen LogP contribution in [0, 0.1) is 0 Å². The van der Waals surface area contributed by atoms with Crippen LogP contribution < -0.4 is 0 Å². The van der Waals surface area contributed by atoms with Crippen molar-refractivity contribution in [3.63, 3.8) is 0 Å². The van der Waals surface area contributed by atoms with Crippen molar-refractivity contribution in [3.05, 3.63) is 77.5 Å². The molecule has 142 valence electrons. The van der Waals surface area contributed by atoms with E-state index in [-0.39, 0.29) is 0 Å². The minimum absolute atomic E-state index is 0.521. The Morgan fingerprint density at radius 2 is 1.54 bits per heavy atom. The van der Waals surface area contributed by atoms with Gasteiger partial charge in [-0.2, -0.15) is 0 Å². The van der Waals surface area contributed by atoms with Crippen LogP contribution in [0.25, 0.3) is 27.7 Å². The minimum Gasteiger partial charge on any atom is -0.287 e. The molecule has 0 amide bonds. The van der Waals surface area contributed by atoms with Crippen molar-refractivity contribution in [2.24, 2.45) is 0 Å². The molecule has 4 heteroatoms. The summed E-state index contributed by atoms with van der Waals surface area (Å²) in [5.41, 5.74) is 4.46. The molecule has 0 saturated heterocycles. The summed E-state index contributed by atoms with van der Waals surface area (Å²) in [6, 6.07) is 18.6. The van der Waals surface area contributed by atoms with Crippen molar-refractivity contribution in [2.75, 3.05) is 0 Å². The SMILES string of the molecule is CCCc1ncn(-c2nc(Cl)c(-c3ccccc3)c3ccccc23)c1CCC. The highest BCUT2D eigenvalue weighted by Crippen LogP contribution is 2.37. The van der Waals surface area contributed by atoms with E-state index < -0.39 is 0 Å². The first kappa shape index (κ1) is 18.7. The maximum Gasteiger partial charge on any atom is 0.147 e. The van der Waals surface area contributed by atoms with E-state index in [9.17, 15) is 0 Å². The van der Waals surface area contributed by atoms with E-state index in [1.54, 1.807) is 0 Å². The fraction of sp³-hybridized carbons (Fsp3) is 0.250. The molecule has 0 N–H and O–H groups in total. The zero-order valence-corrected chi connectivity index (χ0v) is 17.1. The van der Waals surface area contributed by atoms with Gasteiger partial charge in [0.25, 0.3) is 0 Å². The predicted octanol–water partition coefficient (Wildman–Crippen LogP) is 6.65. The van der Waals surface area contributed by atoms with E-state index in [0.717, 1.165) is 53.4 Å². The summed E-state index contributed by atoms with van der Waals surface area (Å²) in [6.45, 7) is 4.39. The quantitative estimate of drug-likeness (QED) is 0.346. The largest absolute Gasteiger partial charge is 0.287 e. The summed E-state index contributed by atoms with van der Waals surface area (Å²) in [5.74, 6) is 0.860. The van der Waals surface area contributed by atoms with E-state index in [1.807, 2.05) is 24.5 Å². The molecule has 0 fully saturated rings. The van der Waals surface area contributed by atoms with E-state index in [4.69, 9.17) is 21.6 Å². The van der Waals surface area contributed by atoms with Crippen LogP contribution in [0.3, 0.4) is 0 Å². The molecule has 0 aliphatic rings. The van der Waals surface area contributed by atoms with Gasteiger partial charge >= 0.3 is 0 Å². The second kappa shape index (κ2) is 8.15. The monoisotopic (exact) mass is 389 g/mol. The lowest BCUT2D eigenvalue weighted by molar-refractivity contribution is 0.800. The molecule has 0 radical (unpaired) electrons. The Kier molecular flexibility index (Phi) is 5.45. The van der Waals surface area contributed by atoms with E-state index in [0.29, 0.717) is 5.15 Å². The van der Waals surface area contributed by atoms with Gasteiger partial charge in [0, 0.05) is 16.6 Å². The summed E-state index contributed by atoms with van der Waals surface area (Å²) in [5, 5.41) is 2.72. The number of rotatable bonds is 6. The zero-order valence-electron chi connectivity index (χ0n) is 16.3. The number of hydrogen-bond acceptors (Lipinski definition) is 2. The third-order valence-corrected chi connectivity index (χ3v) is 5.34. The number of fused-ring (bicyclic) bond motifs is 1. The second-order valence-corrected chi connectivity index (χ2v) is 7.38. The van der Waals surface area contributed by atoms with E-state index >= 15 is 0 Å². The molecule has 2 aromatic heterocycles. The van der Waals surface area contributed by atoms with Gasteiger partial charge in [0.05, 0.1) is 5.69 Å². The molecule has 28 heavy (non-hydrogen) atoms. The number of pyridine rings is 1. The van der Waals surface area contributed by atoms with Gasteiger partial charge in [-0.3, -0.25) is 4.57 Å². The summed E-state index contributed by atoms with van der Waals surface area (Å²) in [6.07, 6.45) is 6.01. The Morgan fingerprint density at radius 1 is 0.857 bits per heavy atom. The third-order valence-electron chi connectivity index (χ3n) is 5.06. The Hall–Kier alpha value is -2.65. The number of hydrogen-bond donors (Lipinski definition) is 0. The number of aryl methyl sites for hydroxylation is 1. The van der Waals surface area contributed by atoms with Gasteiger partial charge in [-0.15, -0.1) is 0 Å². The van der Waals surface area contributed by atoms with Gasteiger partial charge in [-0.1, -0.05) is 92.9 Å². The van der Waals surface area contributed by atoms with Crippen molar-refractivity contribution >= 4 is 22.4 Å². The molecule has 0 aliphatic heterocycles. The maximum absolute atomic E-state index is 6.75. The molecule has 4 aromatic rings. The molecule has 0 bridgehead atoms. The van der Waals surface area contributed by atoms with Crippen molar-refractivity contribution < 1.29 is 0 Å². The molecule has 2 aromatic carbocycles. The number of nitrogens with zero attached hydrogens (tertiary/aromatic N) is 3. The van der Waals surface area contributed by atoms with Gasteiger partial charge < -0.3 is 0 Å². The fourth-order valence-corrected chi connectivity index (χ4v) is 4.11. The number of aromatic nitrogens is 3. The molecular formula is C24H24ClN3. The van der Waals surface area contributed by atoms with Crippen LogP contribution in [-0.2, 0) is 12.8 Å². The van der Waals surface area contributed by atoms with Crippen molar-refractivity contribution in [1.82, 2.24) is 14.5 Å². The average molecular weight is 390 g/mol. The smallest absolute Gasteiger partial charge is 0.147 e. The molecule has 2 heterocycles. The average Bonchev–Trinajstić information content (AvgIpc) is 3.11. The molecule has 3 nitrogen and oxygen atoms in total. The van der Waals surface area contributed by atoms with Gasteiger partial charge in [0.1, 0.15) is 17.3 Å². The molecule has 0 atom stereocenters. The van der Waals surface area contributed by atoms with E-state index in [2.05, 4.69) is 54.8 Å². The van der Waals surface area contributed by atoms with Crippen LogP contribution in [0.1, 0.15) is 38.1 Å². The van der Waals surface area contributed by atoms with Crippen molar-refractivity contribution in [2.45, 2.75) is 39.5 Å². The van der Waals surface area contributed by atoms with Gasteiger partial charge in [0.15, 0.2) is 0 Å². The Bertz CT molecular complexity index is 1100. The van der Waals surface area contributed by atoms with Gasteiger partial charge in [-0.05, 0) is 23.8 Å². The van der Waals surface area contributed by atoms with E-state index in [1.165, 1.54) is 11.4 Å². The first-order valence-electron chi connectivity index (χ1n) is 9.93. The predicted molar refractivity (Wildman–Crippen MR) is 117 cm³/mol. The van der Waals surface area contributed by atoms with Crippen LogP contribution in [0.2, 0.25) is 5.15 Å². The second-order valence-electron chi connectivity index (χ2n) is 7.02. The van der Waals surface area contributed by atoms with Crippen molar-refractivity contribution in [1.29, 1.82) is 0 Å². The highest BCUT2D eigenvalue weighted by Gasteiger charge is 2.18. The molecular weight excluding hydrogens is 366 g/mol. The summed E-state index contributed by atoms with van der Waals surface area (Å²) < 4.78 is 2.14. The lowest BCUT2D eigenvalue weighted by Gasteiger charge is -2.15. The number of imidazole rings is 1. The lowest BCUT2D eigenvalue weighted by Crippen LogP contribution is -2.05. The first-order chi connectivity index (χ1) is 13.7. The molecule has 0 spiro atoms. The van der Waals surface area contributed by atoms with Crippen LogP contribution >= 0.6 is 11.6 Å². The number of halogens is 1. The summed E-state index contributed by atoms with van der Waals surface area (Å²) >= 11 is 6.75. The van der Waals surface area contributed by atoms with Gasteiger partial charge in [-0.25, -0.2) is 9.97 Å². The summed E-state index contributed by atoms with van der Waals surface area (Å²) in [4.78, 5) is 9.55. The normalized spacial score (nSPS) is 11.2. The van der Waals surface area contributed by atoms with Crippen LogP contribution in [-0.4, -0.2) is 14.5 Å². The topological polar surface area (TPSA) is 30.7 Å². The van der Waals surface area contributed by atoms with Crippen molar-refractivity contribution in [3.8, 4) is 16.9 Å². The lowest BCUT2D eigenvalue weighted by atomic mass is 10.0. The number of benzene rings is 2. The van der Waals surface area contributed by atoms with Gasteiger partial charge in [0.2, 0.25) is 0 Å². The Labute approximate surface area is 171 Å². The standard InChI is InChI=1S/C24H24ClN3/c1-3-10-20-21(11-4-2)28(16-26-20)24-19-15-9-8-14-18(19)22(23(25)27-24)17-12-6-5-7-13-17/h5-9,12-16H,3-4,10-11H2,1-2H3.